The molecule has 0 bridgehead atoms. The number of carbonyl (C=O) groups is 1. The summed E-state index contributed by atoms with van der Waals surface area (Å²) in [7, 11) is 0. The number of hydrogen-bond donors (Lipinski definition) is 1. The molecule has 4 aromatic rings. The first-order valence-corrected chi connectivity index (χ1v) is 14.5. The Kier molecular flexibility index (Phi) is 7.63. The topological polar surface area (TPSA) is 51.2 Å². The van der Waals surface area contributed by atoms with E-state index in [0.717, 1.165) is 56.4 Å². The van der Waals surface area contributed by atoms with Gasteiger partial charge in [0.25, 0.3) is 0 Å². The third-order valence-corrected chi connectivity index (χ3v) is 8.73. The molecule has 1 atom stereocenters. The first-order valence-electron chi connectivity index (χ1n) is 12.9. The lowest BCUT2D eigenvalue weighted by Crippen LogP contribution is -2.30. The maximum atomic E-state index is 13.5. The third kappa shape index (κ3) is 4.76. The van der Waals surface area contributed by atoms with Crippen LogP contribution in [0.4, 0.5) is 0 Å². The predicted octanol–water partition coefficient (Wildman–Crippen LogP) is 7.83. The van der Waals surface area contributed by atoms with E-state index in [1.807, 2.05) is 25.1 Å². The van der Waals surface area contributed by atoms with Crippen molar-refractivity contribution in [3.63, 3.8) is 0 Å². The number of thiazole rings is 1. The molecule has 0 fully saturated rings. The maximum Gasteiger partial charge on any atom is 0.232 e. The van der Waals surface area contributed by atoms with E-state index in [-0.39, 0.29) is 11.8 Å². The van der Waals surface area contributed by atoms with Crippen LogP contribution in [0.15, 0.2) is 63.8 Å². The molecule has 0 aliphatic heterocycles. The Morgan fingerprint density at radius 1 is 1.08 bits per heavy atom. The van der Waals surface area contributed by atoms with Crippen molar-refractivity contribution < 1.29 is 9.53 Å². The van der Waals surface area contributed by atoms with E-state index >= 15 is 0 Å². The molecule has 4 nitrogen and oxygen atoms in total. The summed E-state index contributed by atoms with van der Waals surface area (Å²) in [6.45, 7) is 7.65. The molecule has 1 aliphatic carbocycles. The maximum absolute atomic E-state index is 13.5. The number of aromatic nitrogens is 1. The number of amides is 1. The Morgan fingerprint density at radius 2 is 1.94 bits per heavy atom. The molecule has 6 heteroatoms. The van der Waals surface area contributed by atoms with Crippen molar-refractivity contribution in [2.45, 2.75) is 61.6 Å². The molecule has 0 radical (unpaired) electrons. The van der Waals surface area contributed by atoms with Crippen LogP contribution in [0.2, 0.25) is 0 Å². The van der Waals surface area contributed by atoms with Gasteiger partial charge in [0.15, 0.2) is 4.34 Å². The molecular formula is C30H32N2O2S2. The number of nitrogens with one attached hydrogen (secondary N) is 1. The van der Waals surface area contributed by atoms with Gasteiger partial charge in [-0.1, -0.05) is 62.4 Å². The normalized spacial score (nSPS) is 14.0. The number of carbonyl (C=O) groups excluding carboxylic acids is 1. The largest absolute Gasteiger partial charge is 0.494 e. The highest BCUT2D eigenvalue weighted by Crippen LogP contribution is 2.52. The second-order valence-corrected chi connectivity index (χ2v) is 11.4. The van der Waals surface area contributed by atoms with Crippen molar-refractivity contribution in [3.05, 3.63) is 71.3 Å². The third-order valence-electron chi connectivity index (χ3n) is 6.59. The molecule has 1 amide bonds. The van der Waals surface area contributed by atoms with Crippen LogP contribution in [-0.2, 0) is 11.2 Å². The van der Waals surface area contributed by atoms with Gasteiger partial charge in [-0.05, 0) is 72.7 Å². The Labute approximate surface area is 221 Å². The number of fused-ring (bicyclic) bond motifs is 4. The minimum atomic E-state index is -0.265. The Hall–Kier alpha value is -2.83. The molecule has 1 N–H and O–H groups in total. The highest BCUT2D eigenvalue weighted by atomic mass is 32.2. The first-order chi connectivity index (χ1) is 17.6. The second-order valence-electron chi connectivity index (χ2n) is 9.07. The zero-order valence-electron chi connectivity index (χ0n) is 21.1. The molecule has 0 saturated heterocycles. The summed E-state index contributed by atoms with van der Waals surface area (Å²) in [4.78, 5) is 19.6. The van der Waals surface area contributed by atoms with Gasteiger partial charge >= 0.3 is 0 Å². The molecule has 186 valence electrons. The number of benzene rings is 3. The Balaban J connectivity index is 1.60. The fourth-order valence-electron chi connectivity index (χ4n) is 4.95. The number of rotatable bonds is 10. The van der Waals surface area contributed by atoms with E-state index in [4.69, 9.17) is 9.72 Å². The minimum Gasteiger partial charge on any atom is -0.494 e. The molecular weight excluding hydrogens is 484 g/mol. The van der Waals surface area contributed by atoms with Crippen LogP contribution in [-0.4, -0.2) is 24.0 Å². The molecule has 1 unspecified atom stereocenters. The zero-order chi connectivity index (χ0) is 25.1. The fourth-order valence-corrected chi connectivity index (χ4v) is 7.17. The van der Waals surface area contributed by atoms with Crippen LogP contribution >= 0.6 is 23.1 Å². The van der Waals surface area contributed by atoms with Gasteiger partial charge in [0.1, 0.15) is 5.75 Å². The molecule has 36 heavy (non-hydrogen) atoms. The first kappa shape index (κ1) is 24.8. The van der Waals surface area contributed by atoms with Gasteiger partial charge in [-0.2, -0.15) is 0 Å². The SMILES string of the molecule is CCCCc1ccc(Sc2nc3ccc(OCC)cc3s2)c2c1C(C(=O)NCCC)c1ccccc1-2. The van der Waals surface area contributed by atoms with Gasteiger partial charge < -0.3 is 10.1 Å². The highest BCUT2D eigenvalue weighted by Gasteiger charge is 2.37. The van der Waals surface area contributed by atoms with E-state index in [1.54, 1.807) is 23.1 Å². The van der Waals surface area contributed by atoms with Crippen LogP contribution in [0, 0.1) is 0 Å². The van der Waals surface area contributed by atoms with Crippen LogP contribution in [0.25, 0.3) is 21.3 Å². The molecule has 3 aromatic carbocycles. The molecule has 1 aromatic heterocycles. The average molecular weight is 517 g/mol. The van der Waals surface area contributed by atoms with Crippen molar-refractivity contribution >= 4 is 39.2 Å². The molecule has 5 rings (SSSR count). The van der Waals surface area contributed by atoms with Crippen molar-refractivity contribution in [2.24, 2.45) is 0 Å². The summed E-state index contributed by atoms with van der Waals surface area (Å²) < 4.78 is 7.80. The molecule has 1 heterocycles. The lowest BCUT2D eigenvalue weighted by molar-refractivity contribution is -0.121. The summed E-state index contributed by atoms with van der Waals surface area (Å²) in [5.74, 6) is 0.715. The van der Waals surface area contributed by atoms with E-state index in [9.17, 15) is 4.79 Å². The molecule has 0 spiro atoms. The number of unbranched alkanes of at least 4 members (excludes halogenated alkanes) is 1. The van der Waals surface area contributed by atoms with Crippen molar-refractivity contribution in [1.82, 2.24) is 10.3 Å². The number of nitrogens with zero attached hydrogens (tertiary/aromatic N) is 1. The predicted molar refractivity (Wildman–Crippen MR) is 151 cm³/mol. The van der Waals surface area contributed by atoms with E-state index in [0.29, 0.717) is 13.2 Å². The summed E-state index contributed by atoms with van der Waals surface area (Å²) in [6, 6.07) is 19.0. The zero-order valence-corrected chi connectivity index (χ0v) is 22.7. The molecule has 1 aliphatic rings. The standard InChI is InChI=1S/C30H32N2O2S2/c1-4-7-10-19-13-16-24(35-30-32-23-15-14-20(34-6-3)18-25(23)36-30)27-21-11-8-9-12-22(21)28(26(19)27)29(33)31-17-5-2/h8-9,11-16,18,28H,4-7,10,17H2,1-3H3,(H,31,33). The lowest BCUT2D eigenvalue weighted by Gasteiger charge is -2.18. The van der Waals surface area contributed by atoms with Gasteiger partial charge in [0.05, 0.1) is 22.7 Å². The van der Waals surface area contributed by atoms with E-state index in [2.05, 4.69) is 55.6 Å². The highest BCUT2D eigenvalue weighted by molar-refractivity contribution is 8.01. The minimum absolute atomic E-state index is 0.103. The van der Waals surface area contributed by atoms with Crippen molar-refractivity contribution in [2.75, 3.05) is 13.2 Å². The summed E-state index contributed by atoms with van der Waals surface area (Å²) >= 11 is 3.39. The van der Waals surface area contributed by atoms with E-state index < -0.39 is 0 Å². The van der Waals surface area contributed by atoms with Gasteiger partial charge in [0, 0.05) is 17.0 Å². The lowest BCUT2D eigenvalue weighted by atomic mass is 9.90. The van der Waals surface area contributed by atoms with Crippen LogP contribution in [0.1, 0.15) is 62.6 Å². The summed E-state index contributed by atoms with van der Waals surface area (Å²) in [5, 5.41) is 3.17. The Bertz CT molecular complexity index is 1400. The fraction of sp³-hybridized carbons (Fsp3) is 0.333. The Morgan fingerprint density at radius 3 is 2.75 bits per heavy atom. The van der Waals surface area contributed by atoms with Crippen LogP contribution < -0.4 is 10.1 Å². The quantitative estimate of drug-likeness (QED) is 0.233. The van der Waals surface area contributed by atoms with E-state index in [1.165, 1.54) is 22.3 Å². The number of hydrogen-bond acceptors (Lipinski definition) is 5. The van der Waals surface area contributed by atoms with Crippen LogP contribution in [0.3, 0.4) is 0 Å². The second kappa shape index (κ2) is 11.1. The van der Waals surface area contributed by atoms with Gasteiger partial charge in [-0.3, -0.25) is 4.79 Å². The van der Waals surface area contributed by atoms with Gasteiger partial charge in [-0.15, -0.1) is 11.3 Å². The number of ether oxygens (including phenoxy) is 1. The average Bonchev–Trinajstić information content (AvgIpc) is 3.45. The number of aryl methyl sites for hydroxylation is 1. The smallest absolute Gasteiger partial charge is 0.232 e. The summed E-state index contributed by atoms with van der Waals surface area (Å²) in [6.07, 6.45) is 4.14. The van der Waals surface area contributed by atoms with Gasteiger partial charge in [0.2, 0.25) is 5.91 Å². The monoisotopic (exact) mass is 516 g/mol. The van der Waals surface area contributed by atoms with Crippen LogP contribution in [0.5, 0.6) is 5.75 Å². The van der Waals surface area contributed by atoms with Crippen molar-refractivity contribution in [1.29, 1.82) is 0 Å². The van der Waals surface area contributed by atoms with Crippen molar-refractivity contribution in [3.8, 4) is 16.9 Å². The van der Waals surface area contributed by atoms with Gasteiger partial charge in [-0.25, -0.2) is 4.98 Å². The summed E-state index contributed by atoms with van der Waals surface area (Å²) in [5.41, 5.74) is 6.94. The molecule has 0 saturated carbocycles.